The average Bonchev–Trinajstić information content (AvgIpc) is 2.80. The molecule has 1 N–H and O–H groups in total. The van der Waals surface area contributed by atoms with E-state index < -0.39 is 20.2 Å². The van der Waals surface area contributed by atoms with Crippen LogP contribution < -0.4 is 4.89 Å². The third-order valence-electron chi connectivity index (χ3n) is 5.97. The first kappa shape index (κ1) is 36.2. The maximum Gasteiger partial charge on any atom is 0.377 e. The molecule has 0 aromatic carbocycles. The predicted molar refractivity (Wildman–Crippen MR) is 150 cm³/mol. The number of phosphoric acid groups is 1. The van der Waals surface area contributed by atoms with Gasteiger partial charge >= 0.3 is 14.1 Å². The third kappa shape index (κ3) is 28.1. The summed E-state index contributed by atoms with van der Waals surface area (Å²) in [6.07, 6.45) is 22.4. The van der Waals surface area contributed by atoms with Crippen LogP contribution in [0.5, 0.6) is 0 Å². The Morgan fingerprint density at radius 2 is 1.38 bits per heavy atom. The lowest BCUT2D eigenvalue weighted by molar-refractivity contribution is -0.870. The zero-order valence-electron chi connectivity index (χ0n) is 24.5. The minimum Gasteiger partial charge on any atom is -0.606 e. The van der Waals surface area contributed by atoms with E-state index in [4.69, 9.17) is 18.5 Å². The highest BCUT2D eigenvalue weighted by Gasteiger charge is 2.31. The molecule has 0 aliphatic rings. The van der Waals surface area contributed by atoms with E-state index in [0.717, 1.165) is 12.8 Å². The summed E-state index contributed by atoms with van der Waals surface area (Å²) in [6.45, 7) is 3.91. The van der Waals surface area contributed by atoms with E-state index in [9.17, 15) is 14.6 Å². The van der Waals surface area contributed by atoms with Crippen LogP contribution in [-0.2, 0) is 23.3 Å². The summed E-state index contributed by atoms with van der Waals surface area (Å²) in [4.78, 5) is 33.2. The van der Waals surface area contributed by atoms with Crippen LogP contribution in [0, 0.1) is 0 Å². The number of allylic oxidation sites excluding steroid dienone is 1. The number of carbonyl (C=O) groups excluding carboxylic acids is 1. The minimum absolute atomic E-state index is 0.0354. The lowest BCUT2D eigenvalue weighted by Crippen LogP contribution is -2.38. The van der Waals surface area contributed by atoms with Crippen molar-refractivity contribution in [2.24, 2.45) is 0 Å². The number of carbonyl (C=O) groups is 1. The first-order valence-corrected chi connectivity index (χ1v) is 15.9. The normalized spacial score (nSPS) is 14.6. The van der Waals surface area contributed by atoms with Crippen molar-refractivity contribution >= 4 is 14.1 Å². The molecule has 0 saturated carbocycles. The second kappa shape index (κ2) is 23.2. The van der Waals surface area contributed by atoms with Gasteiger partial charge in [-0.3, -0.25) is 4.79 Å². The van der Waals surface area contributed by atoms with E-state index in [1.807, 2.05) is 27.2 Å². The number of hydrogen-bond acceptors (Lipinski definition) is 7. The molecule has 0 aliphatic carbocycles. The summed E-state index contributed by atoms with van der Waals surface area (Å²) in [5.41, 5.74) is 0. The molecule has 0 aliphatic heterocycles. The van der Waals surface area contributed by atoms with Crippen LogP contribution in [0.15, 0.2) is 12.3 Å². The van der Waals surface area contributed by atoms with Crippen molar-refractivity contribution in [2.45, 2.75) is 116 Å². The monoisotopic (exact) mass is 550 g/mol. The van der Waals surface area contributed by atoms with Crippen LogP contribution in [0.3, 0.4) is 0 Å². The number of unbranched alkanes of at least 4 members (excludes halogenated alkanes) is 14. The number of ether oxygens (including phenoxy) is 2. The highest BCUT2D eigenvalue weighted by molar-refractivity contribution is 7.52. The molecule has 37 heavy (non-hydrogen) atoms. The molecule has 0 spiro atoms. The number of nitrogens with zero attached hydrogens (tertiary/aromatic N) is 1. The van der Waals surface area contributed by atoms with Crippen molar-refractivity contribution in [1.82, 2.24) is 0 Å². The SMILES string of the molecule is CCCCCCCCCCCCCCCC/C=C/OC[C@H](CO[P+]([O-])(O)OCC[N+](C)(C)C)OC(C)=O. The van der Waals surface area contributed by atoms with E-state index in [1.165, 1.54) is 90.4 Å². The molecule has 0 saturated heterocycles. The van der Waals surface area contributed by atoms with E-state index in [-0.39, 0.29) is 19.8 Å². The Morgan fingerprint density at radius 3 is 1.86 bits per heavy atom. The zero-order chi connectivity index (χ0) is 27.8. The Morgan fingerprint density at radius 1 is 0.865 bits per heavy atom. The van der Waals surface area contributed by atoms with Crippen molar-refractivity contribution in [2.75, 3.05) is 47.5 Å². The van der Waals surface area contributed by atoms with Crippen molar-refractivity contribution in [3.8, 4) is 0 Å². The van der Waals surface area contributed by atoms with Crippen LogP contribution in [-0.4, -0.2) is 69.0 Å². The summed E-state index contributed by atoms with van der Waals surface area (Å²) < 4.78 is 21.1. The molecule has 0 fully saturated rings. The molecule has 1 unspecified atom stereocenters. The molecule has 0 bridgehead atoms. The number of quaternary nitrogens is 1. The van der Waals surface area contributed by atoms with Gasteiger partial charge in [0.05, 0.1) is 27.4 Å². The fraction of sp³-hybridized carbons (Fsp3) is 0.893. The third-order valence-corrected chi connectivity index (χ3v) is 6.96. The van der Waals surface area contributed by atoms with Crippen molar-refractivity contribution < 1.29 is 37.6 Å². The summed E-state index contributed by atoms with van der Waals surface area (Å²) in [7, 11) is 1.63. The summed E-state index contributed by atoms with van der Waals surface area (Å²) in [6, 6.07) is 0. The highest BCUT2D eigenvalue weighted by Crippen LogP contribution is 2.47. The fourth-order valence-electron chi connectivity index (χ4n) is 3.75. The van der Waals surface area contributed by atoms with Gasteiger partial charge in [0.2, 0.25) is 0 Å². The average molecular weight is 551 g/mol. The number of rotatable bonds is 26. The quantitative estimate of drug-likeness (QED) is 0.0458. The number of likely N-dealkylation sites (N-methyl/N-ethyl adjacent to an activating group) is 1. The van der Waals surface area contributed by atoms with Crippen LogP contribution in [0.25, 0.3) is 0 Å². The number of phosphoric ester groups is 1. The van der Waals surface area contributed by atoms with Gasteiger partial charge < -0.3 is 18.9 Å². The smallest absolute Gasteiger partial charge is 0.377 e. The second-order valence-corrected chi connectivity index (χ2v) is 12.4. The zero-order valence-corrected chi connectivity index (χ0v) is 25.4. The van der Waals surface area contributed by atoms with Gasteiger partial charge in [0, 0.05) is 6.92 Å². The van der Waals surface area contributed by atoms with Crippen molar-refractivity contribution in [3.63, 3.8) is 0 Å². The maximum absolute atomic E-state index is 12.0. The molecule has 2 atom stereocenters. The maximum atomic E-state index is 12.0. The van der Waals surface area contributed by atoms with Crippen LogP contribution in [0.4, 0.5) is 0 Å². The molecule has 0 aromatic heterocycles. The fourth-order valence-corrected chi connectivity index (χ4v) is 4.49. The molecule has 0 heterocycles. The molecule has 220 valence electrons. The molecule has 0 amide bonds. The van der Waals surface area contributed by atoms with E-state index in [1.54, 1.807) is 6.26 Å². The molecule has 9 heteroatoms. The van der Waals surface area contributed by atoms with Gasteiger partial charge in [-0.25, -0.2) is 0 Å². The lowest BCUT2D eigenvalue weighted by Gasteiger charge is -2.26. The van der Waals surface area contributed by atoms with Gasteiger partial charge in [-0.2, -0.15) is 13.9 Å². The van der Waals surface area contributed by atoms with Gasteiger partial charge in [0.1, 0.15) is 26.4 Å². The lowest BCUT2D eigenvalue weighted by atomic mass is 10.0. The van der Waals surface area contributed by atoms with E-state index in [0.29, 0.717) is 11.0 Å². The van der Waals surface area contributed by atoms with E-state index >= 15 is 0 Å². The van der Waals surface area contributed by atoms with Crippen molar-refractivity contribution in [3.05, 3.63) is 12.3 Å². The van der Waals surface area contributed by atoms with Gasteiger partial charge in [-0.15, -0.1) is 0 Å². The Labute approximate surface area is 228 Å². The molecular formula is C28H57NO7P+. The Kier molecular flexibility index (Phi) is 22.7. The van der Waals surface area contributed by atoms with E-state index in [2.05, 4.69) is 6.92 Å². The Balaban J connectivity index is 3.80. The van der Waals surface area contributed by atoms with Gasteiger partial charge in [0.25, 0.3) is 0 Å². The molecule has 0 aromatic rings. The largest absolute Gasteiger partial charge is 0.606 e. The Bertz CT molecular complexity index is 567. The van der Waals surface area contributed by atoms with Gasteiger partial charge in [-0.05, 0) is 18.9 Å². The van der Waals surface area contributed by atoms with Crippen molar-refractivity contribution in [1.29, 1.82) is 0 Å². The standard InChI is InChI=1S/C28H56NO7P/c1-6-7-8-9-10-11-12-13-14-15-16-17-18-19-20-21-23-33-25-28(36-27(2)30)26-35-37(31,32)34-24-22-29(3,4)5/h21,23,28H,6-20,22,24-26H2,1-5H3/p+1/b23-21+/t28-/m1/s1. The molecule has 0 radical (unpaired) electrons. The molecule has 0 rings (SSSR count). The predicted octanol–water partition coefficient (Wildman–Crippen LogP) is 6.09. The minimum atomic E-state index is -4.23. The Hall–Kier alpha value is -0.760. The second-order valence-electron chi connectivity index (χ2n) is 10.9. The van der Waals surface area contributed by atoms with Crippen LogP contribution >= 0.6 is 8.17 Å². The molecular weight excluding hydrogens is 493 g/mol. The first-order valence-electron chi connectivity index (χ1n) is 14.4. The number of esters is 1. The summed E-state index contributed by atoms with van der Waals surface area (Å²) >= 11 is 0. The highest BCUT2D eigenvalue weighted by atomic mass is 31.2. The van der Waals surface area contributed by atoms with Crippen LogP contribution in [0.2, 0.25) is 0 Å². The van der Waals surface area contributed by atoms with Crippen LogP contribution in [0.1, 0.15) is 110 Å². The topological polar surface area (TPSA) is 97.3 Å². The van der Waals surface area contributed by atoms with Gasteiger partial charge in [-0.1, -0.05) is 90.4 Å². The summed E-state index contributed by atoms with van der Waals surface area (Å²) in [5.74, 6) is -0.512. The summed E-state index contributed by atoms with van der Waals surface area (Å²) in [5, 5.41) is 0. The number of hydrogen-bond donors (Lipinski definition) is 1. The van der Waals surface area contributed by atoms with Gasteiger partial charge in [0.15, 0.2) is 6.10 Å². The first-order chi connectivity index (χ1) is 17.6. The molecule has 8 nitrogen and oxygen atoms in total.